The van der Waals surface area contributed by atoms with E-state index in [-0.39, 0.29) is 0 Å². The summed E-state index contributed by atoms with van der Waals surface area (Å²) in [5.41, 5.74) is 35.2. The van der Waals surface area contributed by atoms with Gasteiger partial charge in [0.25, 0.3) is 0 Å². The largest absolute Gasteiger partial charge is 0.456 e. The van der Waals surface area contributed by atoms with Crippen molar-refractivity contribution in [3.63, 3.8) is 0 Å². The lowest BCUT2D eigenvalue weighted by Crippen LogP contribution is -2.10. The zero-order valence-electron chi connectivity index (χ0n) is 76.4. The van der Waals surface area contributed by atoms with E-state index in [9.17, 15) is 0 Å². The molecule has 28 aromatic rings. The lowest BCUT2D eigenvalue weighted by molar-refractivity contribution is 0.668. The predicted octanol–water partition coefficient (Wildman–Crippen LogP) is 39.0. The lowest BCUT2D eigenvalue weighted by Gasteiger charge is -2.26. The zero-order valence-corrected chi connectivity index (χ0v) is 77.2. The molecule has 6 heterocycles. The minimum absolute atomic E-state index is 0.870. The van der Waals surface area contributed by atoms with Crippen molar-refractivity contribution in [1.29, 1.82) is 0 Å². The quantitative estimate of drug-likeness (QED) is 0.0947. The Balaban J connectivity index is 0.000000109. The molecule has 0 atom stereocenters. The van der Waals surface area contributed by atoms with Gasteiger partial charge in [0.05, 0.1) is 11.1 Å². The maximum Gasteiger partial charge on any atom is 0.137 e. The first-order chi connectivity index (χ1) is 69.9. The van der Waals surface area contributed by atoms with Gasteiger partial charge in [0.15, 0.2) is 0 Å². The van der Waals surface area contributed by atoms with E-state index in [1.165, 1.54) is 64.7 Å². The van der Waals surface area contributed by atoms with Crippen molar-refractivity contribution in [2.24, 2.45) is 0 Å². The van der Waals surface area contributed by atoms with Crippen molar-refractivity contribution in [3.8, 4) is 77.9 Å². The zero-order chi connectivity index (χ0) is 93.2. The summed E-state index contributed by atoms with van der Waals surface area (Å²) < 4.78 is 33.7. The molecular weight excluding hydrogens is 1740 g/mol. The molecule has 0 fully saturated rings. The molecule has 0 unspecified atom stereocenters. The van der Waals surface area contributed by atoms with Crippen LogP contribution in [0.15, 0.2) is 538 Å². The van der Waals surface area contributed by atoms with Crippen LogP contribution in [0.25, 0.3) is 208 Å². The van der Waals surface area contributed by atoms with Gasteiger partial charge in [-0.2, -0.15) is 0 Å². The summed E-state index contributed by atoms with van der Waals surface area (Å²) in [6, 6.07) is 182. The topological polar surface area (TPSA) is 75.4 Å². The van der Waals surface area contributed by atoms with E-state index in [4.69, 9.17) is 22.1 Å². The number of furan rings is 5. The van der Waals surface area contributed by atoms with Gasteiger partial charge in [-0.05, 0) is 242 Å². The smallest absolute Gasteiger partial charge is 0.137 e. The van der Waals surface area contributed by atoms with Crippen molar-refractivity contribution in [2.45, 2.75) is 0 Å². The first-order valence-electron chi connectivity index (χ1n) is 47.6. The standard InChI is InChI=1S/C48H31NO2.C42H27NO2.C42H27NOS/c1-2-10-32(11-3-1)34-24-28-37(29-25-34)49(42-15-9-19-46-48(42)41-13-5-7-17-44(41)51-46)38-30-26-35(27-31-38)33-20-22-36(23-21-33)39-14-8-18-45-47(39)40-12-4-6-16-43(40)50-45;1-2-9-28(10-3-1)29-17-21-31(22-18-29)43(33-25-26-36-35-11-4-6-14-38(35)45-41(36)27-33)32-23-19-30(20-24-32)34-13-8-16-40-42(34)37-12-5-7-15-39(37)44-40;1-2-9-28(10-3-1)29-17-21-31(22-18-29)43(33-25-26-36-35-11-5-7-16-40(35)45-41(36)27-33)32-23-19-30(20-24-32)34-13-8-15-39-42(34)37-12-4-6-14-38(37)44-39/h1-31H;2*1-27H. The van der Waals surface area contributed by atoms with Crippen LogP contribution in [0, 0.1) is 0 Å². The Morgan fingerprint density at radius 1 is 0.135 bits per heavy atom. The number of thiophene rings is 1. The summed E-state index contributed by atoms with van der Waals surface area (Å²) in [7, 11) is 0. The van der Waals surface area contributed by atoms with Crippen LogP contribution >= 0.6 is 11.3 Å². The molecule has 0 saturated carbocycles. The van der Waals surface area contributed by atoms with Gasteiger partial charge in [-0.1, -0.05) is 346 Å². The number of nitrogens with zero attached hydrogens (tertiary/aromatic N) is 3. The summed E-state index contributed by atoms with van der Waals surface area (Å²) >= 11 is 1.85. The Labute approximate surface area is 816 Å². The molecule has 0 aliphatic carbocycles. The normalized spacial score (nSPS) is 11.5. The molecule has 0 aliphatic heterocycles. The summed E-state index contributed by atoms with van der Waals surface area (Å²) in [5, 5.41) is 13.9. The molecule has 664 valence electrons. The third-order valence-corrected chi connectivity index (χ3v) is 28.4. The van der Waals surface area contributed by atoms with Gasteiger partial charge in [-0.15, -0.1) is 11.3 Å². The molecule has 0 bridgehead atoms. The Bertz CT molecular complexity index is 9160. The highest BCUT2D eigenvalue weighted by molar-refractivity contribution is 7.25. The predicted molar refractivity (Wildman–Crippen MR) is 591 cm³/mol. The maximum atomic E-state index is 6.32. The highest BCUT2D eigenvalue weighted by atomic mass is 32.1. The van der Waals surface area contributed by atoms with Gasteiger partial charge >= 0.3 is 0 Å². The molecular formula is C132H85N3O5S. The minimum Gasteiger partial charge on any atom is -0.456 e. The molecule has 22 aromatic carbocycles. The fourth-order valence-corrected chi connectivity index (χ4v) is 21.7. The van der Waals surface area contributed by atoms with Gasteiger partial charge < -0.3 is 36.8 Å². The molecule has 28 rings (SSSR count). The number of hydrogen-bond donors (Lipinski definition) is 0. The number of benzene rings is 22. The van der Waals surface area contributed by atoms with Crippen LogP contribution in [0.3, 0.4) is 0 Å². The molecule has 0 N–H and O–H groups in total. The van der Waals surface area contributed by atoms with Crippen molar-refractivity contribution in [3.05, 3.63) is 516 Å². The van der Waals surface area contributed by atoms with Crippen LogP contribution in [-0.4, -0.2) is 0 Å². The van der Waals surface area contributed by atoms with Crippen molar-refractivity contribution >= 4 is 192 Å². The first-order valence-corrected chi connectivity index (χ1v) is 48.4. The van der Waals surface area contributed by atoms with Crippen LogP contribution in [-0.2, 0) is 0 Å². The highest BCUT2D eigenvalue weighted by Gasteiger charge is 2.25. The Morgan fingerprint density at radius 3 is 0.766 bits per heavy atom. The van der Waals surface area contributed by atoms with E-state index in [1.54, 1.807) is 0 Å². The number of hydrogen-bond acceptors (Lipinski definition) is 9. The third-order valence-electron chi connectivity index (χ3n) is 27.3. The molecule has 8 nitrogen and oxygen atoms in total. The summed E-state index contributed by atoms with van der Waals surface area (Å²) in [5.74, 6) is 0. The third kappa shape index (κ3) is 15.4. The lowest BCUT2D eigenvalue weighted by atomic mass is 9.97. The Hall–Kier alpha value is -18.5. The first kappa shape index (κ1) is 83.1. The molecule has 0 aliphatic rings. The molecule has 0 spiro atoms. The number of fused-ring (bicyclic) bond motifs is 18. The maximum absolute atomic E-state index is 6.32. The van der Waals surface area contributed by atoms with Crippen LogP contribution in [0.2, 0.25) is 0 Å². The highest BCUT2D eigenvalue weighted by Crippen LogP contribution is 2.50. The fourth-order valence-electron chi connectivity index (χ4n) is 20.5. The molecule has 9 heteroatoms. The Morgan fingerprint density at radius 2 is 0.376 bits per heavy atom. The van der Waals surface area contributed by atoms with Crippen LogP contribution < -0.4 is 14.7 Å². The summed E-state index contributed by atoms with van der Waals surface area (Å²) in [4.78, 5) is 6.98. The molecule has 0 amide bonds. The van der Waals surface area contributed by atoms with E-state index in [0.717, 1.165) is 194 Å². The van der Waals surface area contributed by atoms with Gasteiger partial charge in [0.1, 0.15) is 55.8 Å². The van der Waals surface area contributed by atoms with Crippen molar-refractivity contribution in [1.82, 2.24) is 0 Å². The average Bonchev–Trinajstić information content (AvgIpc) is 1.65. The van der Waals surface area contributed by atoms with Gasteiger partial charge in [-0.25, -0.2) is 0 Å². The van der Waals surface area contributed by atoms with E-state index < -0.39 is 0 Å². The second kappa shape index (κ2) is 35.6. The fraction of sp³-hybridized carbons (Fsp3) is 0. The van der Waals surface area contributed by atoms with E-state index >= 15 is 0 Å². The SMILES string of the molecule is c1ccc(-c2ccc(N(c3ccc(-c4ccc(-c5cccc6oc7ccccc7c56)cc4)cc3)c3cccc4oc5ccccc5c34)cc2)cc1.c1ccc(-c2ccc(N(c3ccc(-c4cccc5oc6ccccc6c45)cc3)c3ccc4c(c3)oc3ccccc34)cc2)cc1.c1ccc(-c2ccc(N(c3ccc(-c4cccc5oc6ccccc6c45)cc3)c3ccc4c(c3)sc3ccccc34)cc2)cc1. The Kier molecular flexibility index (Phi) is 21.0. The van der Waals surface area contributed by atoms with E-state index in [0.29, 0.717) is 0 Å². The van der Waals surface area contributed by atoms with Crippen molar-refractivity contribution < 1.29 is 22.1 Å². The van der Waals surface area contributed by atoms with Gasteiger partial charge in [-0.3, -0.25) is 0 Å². The number of anilines is 9. The molecule has 0 radical (unpaired) electrons. The number of rotatable bonds is 16. The van der Waals surface area contributed by atoms with Crippen LogP contribution in [0.1, 0.15) is 0 Å². The van der Waals surface area contributed by atoms with Crippen LogP contribution in [0.4, 0.5) is 51.2 Å². The molecule has 6 aromatic heterocycles. The average molecular weight is 1830 g/mol. The second-order valence-corrected chi connectivity index (χ2v) is 36.7. The minimum atomic E-state index is 0.870. The van der Waals surface area contributed by atoms with Gasteiger partial charge in [0, 0.05) is 120 Å². The summed E-state index contributed by atoms with van der Waals surface area (Å²) in [6.07, 6.45) is 0. The van der Waals surface area contributed by atoms with Crippen LogP contribution in [0.5, 0.6) is 0 Å². The number of para-hydroxylation sites is 5. The summed E-state index contributed by atoms with van der Waals surface area (Å²) in [6.45, 7) is 0. The molecule has 141 heavy (non-hydrogen) atoms. The van der Waals surface area contributed by atoms with E-state index in [2.05, 4.69) is 451 Å². The van der Waals surface area contributed by atoms with E-state index in [1.807, 2.05) is 90.2 Å². The van der Waals surface area contributed by atoms with Gasteiger partial charge in [0.2, 0.25) is 0 Å². The second-order valence-electron chi connectivity index (χ2n) is 35.6. The van der Waals surface area contributed by atoms with Crippen molar-refractivity contribution in [2.75, 3.05) is 14.7 Å². The monoisotopic (exact) mass is 1820 g/mol. The molecule has 0 saturated heterocycles.